The molecule has 0 radical (unpaired) electrons. The molecule has 1 unspecified atom stereocenters. The maximum atomic E-state index is 2.41. The zero-order chi connectivity index (χ0) is 11.8. The van der Waals surface area contributed by atoms with Crippen LogP contribution >= 0.6 is 0 Å². The maximum Gasteiger partial charge on any atom is -0.0386 e. The first-order valence-corrected chi connectivity index (χ1v) is 7.81. The van der Waals surface area contributed by atoms with Crippen molar-refractivity contribution >= 4 is 0 Å². The van der Waals surface area contributed by atoms with Crippen LogP contribution in [-0.2, 0) is 0 Å². The Morgan fingerprint density at radius 1 is 0.875 bits per heavy atom. The van der Waals surface area contributed by atoms with E-state index >= 15 is 0 Å². The predicted octanol–water partition coefficient (Wildman–Crippen LogP) is 5.81. The van der Waals surface area contributed by atoms with Gasteiger partial charge in [-0.1, -0.05) is 78.6 Å². The Hall–Kier alpha value is 0. The molecule has 0 aromatic rings. The van der Waals surface area contributed by atoms with Crippen molar-refractivity contribution in [3.8, 4) is 0 Å². The lowest BCUT2D eigenvalue weighted by atomic mass is 9.75. The first-order valence-electron chi connectivity index (χ1n) is 7.81. The van der Waals surface area contributed by atoms with E-state index in [0.29, 0.717) is 0 Å². The Morgan fingerprint density at radius 3 is 1.88 bits per heavy atom. The summed E-state index contributed by atoms with van der Waals surface area (Å²) in [5.41, 5.74) is 0. The first-order chi connectivity index (χ1) is 7.81. The van der Waals surface area contributed by atoms with Gasteiger partial charge in [0.05, 0.1) is 0 Å². The Balaban J connectivity index is 2.28. The van der Waals surface area contributed by atoms with Crippen molar-refractivity contribution in [2.24, 2.45) is 17.8 Å². The van der Waals surface area contributed by atoms with E-state index in [1.165, 1.54) is 64.2 Å². The summed E-state index contributed by atoms with van der Waals surface area (Å²) >= 11 is 0. The van der Waals surface area contributed by atoms with Gasteiger partial charge in [-0.3, -0.25) is 0 Å². The van der Waals surface area contributed by atoms with Crippen molar-refractivity contribution in [3.63, 3.8) is 0 Å². The quantitative estimate of drug-likeness (QED) is 0.463. The molecule has 0 N–H and O–H groups in total. The van der Waals surface area contributed by atoms with Crippen LogP contribution in [0.3, 0.4) is 0 Å². The van der Waals surface area contributed by atoms with Crippen LogP contribution in [0.15, 0.2) is 0 Å². The monoisotopic (exact) mass is 224 g/mol. The molecule has 1 aliphatic rings. The summed E-state index contributed by atoms with van der Waals surface area (Å²) in [6.45, 7) is 7.10. The van der Waals surface area contributed by atoms with Crippen molar-refractivity contribution in [3.05, 3.63) is 0 Å². The fourth-order valence-corrected chi connectivity index (χ4v) is 3.36. The SMILES string of the molecule is CCCC(CCC)C(CC)CCC1CCC1. The molecule has 16 heavy (non-hydrogen) atoms. The van der Waals surface area contributed by atoms with Crippen molar-refractivity contribution in [1.82, 2.24) is 0 Å². The highest BCUT2D eigenvalue weighted by molar-refractivity contribution is 4.74. The van der Waals surface area contributed by atoms with Gasteiger partial charge in [-0.2, -0.15) is 0 Å². The molecule has 0 bridgehead atoms. The summed E-state index contributed by atoms with van der Waals surface area (Å²) in [5, 5.41) is 0. The minimum Gasteiger partial charge on any atom is -0.0654 e. The first kappa shape index (κ1) is 14.1. The lowest BCUT2D eigenvalue weighted by Gasteiger charge is -2.30. The Kier molecular flexibility index (Phi) is 7.16. The average Bonchev–Trinajstić information content (AvgIpc) is 2.22. The Labute approximate surface area is 103 Å². The average molecular weight is 224 g/mol. The molecule has 0 aliphatic heterocycles. The van der Waals surface area contributed by atoms with Crippen LogP contribution in [0, 0.1) is 17.8 Å². The lowest BCUT2D eigenvalue weighted by molar-refractivity contribution is 0.215. The van der Waals surface area contributed by atoms with E-state index < -0.39 is 0 Å². The highest BCUT2D eigenvalue weighted by Gasteiger charge is 2.22. The predicted molar refractivity (Wildman–Crippen MR) is 73.7 cm³/mol. The van der Waals surface area contributed by atoms with Crippen LogP contribution < -0.4 is 0 Å². The second kappa shape index (κ2) is 8.14. The van der Waals surface area contributed by atoms with Gasteiger partial charge in [-0.05, 0) is 24.2 Å². The molecule has 1 atom stereocenters. The van der Waals surface area contributed by atoms with Crippen molar-refractivity contribution in [2.45, 2.75) is 85.0 Å². The van der Waals surface area contributed by atoms with E-state index in [9.17, 15) is 0 Å². The highest BCUT2D eigenvalue weighted by atomic mass is 14.3. The minimum atomic E-state index is 1.03. The van der Waals surface area contributed by atoms with Gasteiger partial charge >= 0.3 is 0 Å². The lowest BCUT2D eigenvalue weighted by Crippen LogP contribution is -2.18. The molecule has 0 nitrogen and oxygen atoms in total. The third kappa shape index (κ3) is 4.47. The summed E-state index contributed by atoms with van der Waals surface area (Å²) in [4.78, 5) is 0. The van der Waals surface area contributed by atoms with Gasteiger partial charge in [-0.25, -0.2) is 0 Å². The largest absolute Gasteiger partial charge is 0.0654 e. The van der Waals surface area contributed by atoms with E-state index in [2.05, 4.69) is 20.8 Å². The zero-order valence-electron chi connectivity index (χ0n) is 11.8. The molecule has 0 spiro atoms. The van der Waals surface area contributed by atoms with Crippen molar-refractivity contribution < 1.29 is 0 Å². The molecular formula is C16H32. The van der Waals surface area contributed by atoms with Crippen LogP contribution in [0.2, 0.25) is 0 Å². The molecule has 1 fully saturated rings. The van der Waals surface area contributed by atoms with E-state index in [4.69, 9.17) is 0 Å². The highest BCUT2D eigenvalue weighted by Crippen LogP contribution is 2.35. The van der Waals surface area contributed by atoms with Gasteiger partial charge in [0.25, 0.3) is 0 Å². The molecule has 0 aromatic carbocycles. The van der Waals surface area contributed by atoms with Crippen molar-refractivity contribution in [2.75, 3.05) is 0 Å². The van der Waals surface area contributed by atoms with Gasteiger partial charge in [0.15, 0.2) is 0 Å². The summed E-state index contributed by atoms with van der Waals surface area (Å²) in [7, 11) is 0. The summed E-state index contributed by atoms with van der Waals surface area (Å²) in [6.07, 6.45) is 14.7. The van der Waals surface area contributed by atoms with E-state index in [1.807, 2.05) is 0 Å². The fourth-order valence-electron chi connectivity index (χ4n) is 3.36. The normalized spacial score (nSPS) is 18.8. The van der Waals surface area contributed by atoms with Crippen LogP contribution in [0.25, 0.3) is 0 Å². The third-order valence-electron chi connectivity index (χ3n) is 4.68. The van der Waals surface area contributed by atoms with E-state index in [0.717, 1.165) is 17.8 Å². The molecule has 0 saturated heterocycles. The second-order valence-corrected chi connectivity index (χ2v) is 5.88. The molecule has 0 aromatic heterocycles. The minimum absolute atomic E-state index is 1.03. The van der Waals surface area contributed by atoms with Gasteiger partial charge in [0.1, 0.15) is 0 Å². The topological polar surface area (TPSA) is 0 Å². The third-order valence-corrected chi connectivity index (χ3v) is 4.68. The summed E-state index contributed by atoms with van der Waals surface area (Å²) in [5.74, 6) is 3.17. The van der Waals surface area contributed by atoms with Gasteiger partial charge in [0, 0.05) is 0 Å². The van der Waals surface area contributed by atoms with E-state index in [-0.39, 0.29) is 0 Å². The smallest absolute Gasteiger partial charge is 0.0386 e. The van der Waals surface area contributed by atoms with Crippen LogP contribution in [0.4, 0.5) is 0 Å². The standard InChI is InChI=1S/C16H32/c1-4-8-16(9-5-2)15(6-3)13-12-14-10-7-11-14/h14-16H,4-13H2,1-3H3. The Morgan fingerprint density at radius 2 is 1.50 bits per heavy atom. The van der Waals surface area contributed by atoms with Gasteiger partial charge in [0.2, 0.25) is 0 Å². The van der Waals surface area contributed by atoms with Gasteiger partial charge < -0.3 is 0 Å². The van der Waals surface area contributed by atoms with Crippen molar-refractivity contribution in [1.29, 1.82) is 0 Å². The molecule has 1 rings (SSSR count). The summed E-state index contributed by atoms with van der Waals surface area (Å²) < 4.78 is 0. The Bertz CT molecular complexity index is 151. The number of hydrogen-bond acceptors (Lipinski definition) is 0. The van der Waals surface area contributed by atoms with Gasteiger partial charge in [-0.15, -0.1) is 0 Å². The molecular weight excluding hydrogens is 192 g/mol. The number of hydrogen-bond donors (Lipinski definition) is 0. The number of rotatable bonds is 9. The molecule has 1 aliphatic carbocycles. The molecule has 0 heterocycles. The second-order valence-electron chi connectivity index (χ2n) is 5.88. The fraction of sp³-hybridized carbons (Fsp3) is 1.00. The molecule has 0 heteroatoms. The van der Waals surface area contributed by atoms with Crippen LogP contribution in [0.5, 0.6) is 0 Å². The van der Waals surface area contributed by atoms with Crippen LogP contribution in [-0.4, -0.2) is 0 Å². The molecule has 0 amide bonds. The maximum absolute atomic E-state index is 2.41. The van der Waals surface area contributed by atoms with E-state index in [1.54, 1.807) is 0 Å². The van der Waals surface area contributed by atoms with Crippen LogP contribution in [0.1, 0.15) is 85.0 Å². The summed E-state index contributed by atoms with van der Waals surface area (Å²) in [6, 6.07) is 0. The zero-order valence-corrected chi connectivity index (χ0v) is 11.8. The molecule has 1 saturated carbocycles. The molecule has 96 valence electrons.